The summed E-state index contributed by atoms with van der Waals surface area (Å²) in [6.45, 7) is 2.95. The number of fused-ring (bicyclic) bond motifs is 2. The van der Waals surface area contributed by atoms with Crippen molar-refractivity contribution >= 4 is 16.7 Å². The number of ether oxygens (including phenoxy) is 1. The van der Waals surface area contributed by atoms with Crippen molar-refractivity contribution in [1.29, 1.82) is 0 Å². The average molecular weight is 470 g/mol. The van der Waals surface area contributed by atoms with Crippen molar-refractivity contribution in [2.45, 2.75) is 37.8 Å². The van der Waals surface area contributed by atoms with Crippen molar-refractivity contribution in [2.24, 2.45) is 0 Å². The van der Waals surface area contributed by atoms with Gasteiger partial charge in [-0.2, -0.15) is 0 Å². The van der Waals surface area contributed by atoms with Gasteiger partial charge in [-0.25, -0.2) is 9.18 Å². The third kappa shape index (κ3) is 4.77. The maximum Gasteiger partial charge on any atom is 0.338 e. The number of nitrogens with one attached hydrogen (secondary N) is 1. The zero-order chi connectivity index (χ0) is 24.4. The summed E-state index contributed by atoms with van der Waals surface area (Å²) in [6, 6.07) is 27.2. The number of para-hydroxylation sites is 1. The third-order valence-electron chi connectivity index (χ3n) is 6.92. The molecule has 0 aliphatic carbocycles. The van der Waals surface area contributed by atoms with Crippen LogP contribution in [-0.4, -0.2) is 23.7 Å². The summed E-state index contributed by atoms with van der Waals surface area (Å²) in [4.78, 5) is 11.5. The van der Waals surface area contributed by atoms with Gasteiger partial charge in [0.2, 0.25) is 0 Å². The lowest BCUT2D eigenvalue weighted by Crippen LogP contribution is -2.31. The second kappa shape index (κ2) is 9.88. The van der Waals surface area contributed by atoms with E-state index in [-0.39, 0.29) is 23.6 Å². The van der Waals surface area contributed by atoms with E-state index in [0.717, 1.165) is 29.8 Å². The summed E-state index contributed by atoms with van der Waals surface area (Å²) in [5.41, 5.74) is 2.77. The fourth-order valence-corrected chi connectivity index (χ4v) is 5.11. The maximum absolute atomic E-state index is 14.0. The molecule has 2 N–H and O–H groups in total. The average Bonchev–Trinajstić information content (AvgIpc) is 2.88. The van der Waals surface area contributed by atoms with E-state index in [1.807, 2.05) is 24.3 Å². The molecule has 0 radical (unpaired) electrons. The predicted molar refractivity (Wildman–Crippen MR) is 136 cm³/mol. The van der Waals surface area contributed by atoms with Crippen LogP contribution in [0.2, 0.25) is 0 Å². The molecule has 4 nitrogen and oxygen atoms in total. The van der Waals surface area contributed by atoms with Gasteiger partial charge in [-0.3, -0.25) is 0 Å². The minimum absolute atomic E-state index is 0.0413. The van der Waals surface area contributed by atoms with Crippen LogP contribution in [0.5, 0.6) is 5.75 Å². The molecule has 3 atom stereocenters. The van der Waals surface area contributed by atoms with E-state index in [9.17, 15) is 14.3 Å². The van der Waals surface area contributed by atoms with Crippen molar-refractivity contribution in [2.75, 3.05) is 6.54 Å². The van der Waals surface area contributed by atoms with Crippen molar-refractivity contribution in [3.63, 3.8) is 0 Å². The Morgan fingerprint density at radius 3 is 2.69 bits per heavy atom. The Morgan fingerprint density at radius 1 is 1.06 bits per heavy atom. The minimum Gasteiger partial charge on any atom is -0.490 e. The molecule has 0 spiro atoms. The summed E-state index contributed by atoms with van der Waals surface area (Å²) in [5.74, 6) is -1.23. The molecule has 178 valence electrons. The first kappa shape index (κ1) is 23.1. The summed E-state index contributed by atoms with van der Waals surface area (Å²) in [5, 5.41) is 15.5. The quantitative estimate of drug-likeness (QED) is 0.316. The van der Waals surface area contributed by atoms with E-state index >= 15 is 0 Å². The van der Waals surface area contributed by atoms with Gasteiger partial charge in [-0.1, -0.05) is 66.7 Å². The first-order chi connectivity index (χ1) is 17.0. The number of carboxylic acid groups (broad SMARTS) is 1. The number of benzene rings is 4. The van der Waals surface area contributed by atoms with Gasteiger partial charge in [-0.15, -0.1) is 0 Å². The Kier molecular flexibility index (Phi) is 6.51. The molecule has 0 bridgehead atoms. The van der Waals surface area contributed by atoms with Crippen LogP contribution in [0.25, 0.3) is 10.8 Å². The Balaban J connectivity index is 1.31. The number of carbonyl (C=O) groups is 1. The standard InChI is InChI=1S/C30H28FNO3/c1-19(23-11-6-8-20-7-2-3-9-24(20)23)32-16-15-22-18-26(25-10-4-5-12-29(25)35-22)21-13-14-28(31)27(17-21)30(33)34/h2-14,17,19,22,26,32H,15-16,18H2,1H3,(H,33,34)/t19-,22-,26-/m1/s1. The third-order valence-corrected chi connectivity index (χ3v) is 6.92. The Labute approximate surface area is 204 Å². The molecule has 35 heavy (non-hydrogen) atoms. The van der Waals surface area contributed by atoms with Gasteiger partial charge in [0.25, 0.3) is 0 Å². The van der Waals surface area contributed by atoms with E-state index in [1.54, 1.807) is 6.07 Å². The summed E-state index contributed by atoms with van der Waals surface area (Å²) < 4.78 is 20.3. The number of halogens is 1. The molecule has 1 aliphatic heterocycles. The molecule has 0 saturated heterocycles. The Hall–Kier alpha value is -3.70. The molecule has 0 unspecified atom stereocenters. The molecule has 0 fully saturated rings. The monoisotopic (exact) mass is 469 g/mol. The van der Waals surface area contributed by atoms with Gasteiger partial charge in [-0.05, 0) is 66.4 Å². The first-order valence-electron chi connectivity index (χ1n) is 12.0. The van der Waals surface area contributed by atoms with Crippen LogP contribution in [-0.2, 0) is 0 Å². The first-order valence-corrected chi connectivity index (χ1v) is 12.0. The molecule has 4 aromatic carbocycles. The molecule has 0 amide bonds. The number of hydrogen-bond donors (Lipinski definition) is 2. The van der Waals surface area contributed by atoms with E-state index in [4.69, 9.17) is 4.74 Å². The minimum atomic E-state index is -1.26. The number of hydrogen-bond acceptors (Lipinski definition) is 3. The second-order valence-corrected chi connectivity index (χ2v) is 9.14. The maximum atomic E-state index is 14.0. The largest absolute Gasteiger partial charge is 0.490 e. The van der Waals surface area contributed by atoms with E-state index in [1.165, 1.54) is 28.5 Å². The summed E-state index contributed by atoms with van der Waals surface area (Å²) >= 11 is 0. The lowest BCUT2D eigenvalue weighted by Gasteiger charge is -2.33. The number of aromatic carboxylic acids is 1. The van der Waals surface area contributed by atoms with Gasteiger partial charge in [0.1, 0.15) is 17.7 Å². The SMILES string of the molecule is C[C@@H](NCC[C@@H]1C[C@H](c2ccc(F)c(C(=O)O)c2)c2ccccc2O1)c1cccc2ccccc12. The highest BCUT2D eigenvalue weighted by Crippen LogP contribution is 2.41. The molecule has 4 aromatic rings. The van der Waals surface area contributed by atoms with Crippen molar-refractivity contribution < 1.29 is 19.0 Å². The highest BCUT2D eigenvalue weighted by molar-refractivity contribution is 5.88. The molecule has 1 aliphatic rings. The van der Waals surface area contributed by atoms with Crippen LogP contribution < -0.4 is 10.1 Å². The van der Waals surface area contributed by atoms with E-state index < -0.39 is 11.8 Å². The molecule has 0 aromatic heterocycles. The molecule has 0 saturated carbocycles. The molecule has 1 heterocycles. The van der Waals surface area contributed by atoms with Gasteiger partial charge in [0.05, 0.1) is 5.56 Å². The molecular formula is C30H28FNO3. The van der Waals surface area contributed by atoms with Crippen molar-refractivity contribution in [3.05, 3.63) is 113 Å². The topological polar surface area (TPSA) is 58.6 Å². The lowest BCUT2D eigenvalue weighted by atomic mass is 9.83. The van der Waals surface area contributed by atoms with Crippen LogP contribution in [0.4, 0.5) is 4.39 Å². The van der Waals surface area contributed by atoms with Gasteiger partial charge in [0, 0.05) is 17.5 Å². The predicted octanol–water partition coefficient (Wildman–Crippen LogP) is 6.70. The highest BCUT2D eigenvalue weighted by atomic mass is 19.1. The van der Waals surface area contributed by atoms with Gasteiger partial charge in [0.15, 0.2) is 0 Å². The van der Waals surface area contributed by atoms with Crippen molar-refractivity contribution in [1.82, 2.24) is 5.32 Å². The van der Waals surface area contributed by atoms with Crippen LogP contribution >= 0.6 is 0 Å². The van der Waals surface area contributed by atoms with Gasteiger partial charge < -0.3 is 15.2 Å². The van der Waals surface area contributed by atoms with Crippen molar-refractivity contribution in [3.8, 4) is 5.75 Å². The van der Waals surface area contributed by atoms with Crippen LogP contribution in [0.3, 0.4) is 0 Å². The Bertz CT molecular complexity index is 1360. The molecule has 5 rings (SSSR count). The van der Waals surface area contributed by atoms with Crippen LogP contribution in [0, 0.1) is 5.82 Å². The van der Waals surface area contributed by atoms with Crippen LogP contribution in [0.1, 0.15) is 58.8 Å². The van der Waals surface area contributed by atoms with E-state index in [0.29, 0.717) is 6.42 Å². The highest BCUT2D eigenvalue weighted by Gasteiger charge is 2.30. The van der Waals surface area contributed by atoms with E-state index in [2.05, 4.69) is 54.7 Å². The zero-order valence-corrected chi connectivity index (χ0v) is 19.6. The Morgan fingerprint density at radius 2 is 1.83 bits per heavy atom. The normalized spacial score (nSPS) is 18.0. The molecule has 5 heteroatoms. The zero-order valence-electron chi connectivity index (χ0n) is 19.6. The molecular weight excluding hydrogens is 441 g/mol. The second-order valence-electron chi connectivity index (χ2n) is 9.14. The summed E-state index contributed by atoms with van der Waals surface area (Å²) in [7, 11) is 0. The van der Waals surface area contributed by atoms with Crippen LogP contribution in [0.15, 0.2) is 84.9 Å². The number of carboxylic acids is 1. The fourth-order valence-electron chi connectivity index (χ4n) is 5.11. The lowest BCUT2D eigenvalue weighted by molar-refractivity contribution is 0.0691. The van der Waals surface area contributed by atoms with Gasteiger partial charge >= 0.3 is 5.97 Å². The summed E-state index contributed by atoms with van der Waals surface area (Å²) in [6.07, 6.45) is 1.46. The smallest absolute Gasteiger partial charge is 0.338 e. The fraction of sp³-hybridized carbons (Fsp3) is 0.233. The number of rotatable bonds is 7.